The van der Waals surface area contributed by atoms with Gasteiger partial charge in [-0.2, -0.15) is 0 Å². The Kier molecular flexibility index (Phi) is 1.40. The number of nitrogen functional groups attached to an aromatic ring is 1. The summed E-state index contributed by atoms with van der Waals surface area (Å²) in [5.41, 5.74) is 8.85. The van der Waals surface area contributed by atoms with Crippen molar-refractivity contribution < 1.29 is 0 Å². The minimum absolute atomic E-state index is 0.363. The van der Waals surface area contributed by atoms with Gasteiger partial charge in [0.05, 0.1) is 17.5 Å². The lowest BCUT2D eigenvalue weighted by atomic mass is 10.2. The van der Waals surface area contributed by atoms with Gasteiger partial charge in [0.15, 0.2) is 0 Å². The van der Waals surface area contributed by atoms with Crippen LogP contribution in [0.25, 0.3) is 0 Å². The molecule has 1 aliphatic heterocycles. The molecule has 1 aromatic carbocycles. The topological polar surface area (TPSA) is 41.3 Å². The SMILES string of the molecule is CC1Nc2ccc(N)cc2N1C. The predicted octanol–water partition coefficient (Wildman–Crippen LogP) is 1.48. The lowest BCUT2D eigenvalue weighted by molar-refractivity contribution is 0.806. The molecule has 1 atom stereocenters. The van der Waals surface area contributed by atoms with E-state index >= 15 is 0 Å². The number of benzene rings is 1. The minimum Gasteiger partial charge on any atom is -0.399 e. The molecule has 0 aliphatic carbocycles. The van der Waals surface area contributed by atoms with Crippen molar-refractivity contribution in [3.63, 3.8) is 0 Å². The summed E-state index contributed by atoms with van der Waals surface area (Å²) in [6.07, 6.45) is 0.363. The molecular formula is C9H13N3. The highest BCUT2D eigenvalue weighted by atomic mass is 15.3. The van der Waals surface area contributed by atoms with Crippen molar-refractivity contribution in [2.24, 2.45) is 0 Å². The van der Waals surface area contributed by atoms with Gasteiger partial charge in [-0.15, -0.1) is 0 Å². The van der Waals surface area contributed by atoms with Crippen LogP contribution in [0.1, 0.15) is 6.92 Å². The summed E-state index contributed by atoms with van der Waals surface area (Å²) in [6, 6.07) is 5.92. The molecule has 64 valence electrons. The third-order valence-electron chi connectivity index (χ3n) is 2.35. The minimum atomic E-state index is 0.363. The van der Waals surface area contributed by atoms with Gasteiger partial charge >= 0.3 is 0 Å². The molecule has 3 nitrogen and oxygen atoms in total. The average molecular weight is 163 g/mol. The zero-order chi connectivity index (χ0) is 8.72. The molecule has 0 bridgehead atoms. The van der Waals surface area contributed by atoms with E-state index < -0.39 is 0 Å². The van der Waals surface area contributed by atoms with Gasteiger partial charge in [-0.3, -0.25) is 0 Å². The van der Waals surface area contributed by atoms with E-state index in [-0.39, 0.29) is 0 Å². The molecule has 1 unspecified atom stereocenters. The van der Waals surface area contributed by atoms with E-state index in [1.807, 2.05) is 18.2 Å². The number of fused-ring (bicyclic) bond motifs is 1. The highest BCUT2D eigenvalue weighted by Gasteiger charge is 2.21. The van der Waals surface area contributed by atoms with Crippen LogP contribution in [-0.4, -0.2) is 13.2 Å². The summed E-state index contributed by atoms with van der Waals surface area (Å²) in [6.45, 7) is 2.12. The third kappa shape index (κ3) is 0.897. The largest absolute Gasteiger partial charge is 0.399 e. The molecule has 0 saturated heterocycles. The number of rotatable bonds is 0. The maximum absolute atomic E-state index is 5.68. The van der Waals surface area contributed by atoms with Crippen molar-refractivity contribution in [1.82, 2.24) is 0 Å². The summed E-state index contributed by atoms with van der Waals surface area (Å²) >= 11 is 0. The van der Waals surface area contributed by atoms with E-state index in [0.717, 1.165) is 5.69 Å². The summed E-state index contributed by atoms with van der Waals surface area (Å²) in [5, 5.41) is 3.34. The van der Waals surface area contributed by atoms with E-state index in [0.29, 0.717) is 6.17 Å². The lowest BCUT2D eigenvalue weighted by Crippen LogP contribution is -2.28. The second-order valence-electron chi connectivity index (χ2n) is 3.21. The summed E-state index contributed by atoms with van der Waals surface area (Å²) in [4.78, 5) is 2.17. The van der Waals surface area contributed by atoms with Gasteiger partial charge in [-0.1, -0.05) is 0 Å². The molecular weight excluding hydrogens is 150 g/mol. The molecule has 1 aliphatic rings. The van der Waals surface area contributed by atoms with Crippen LogP contribution < -0.4 is 16.0 Å². The second kappa shape index (κ2) is 2.30. The van der Waals surface area contributed by atoms with Crippen LogP contribution >= 0.6 is 0 Å². The Morgan fingerprint density at radius 3 is 3.00 bits per heavy atom. The zero-order valence-corrected chi connectivity index (χ0v) is 7.33. The van der Waals surface area contributed by atoms with Crippen LogP contribution in [0.2, 0.25) is 0 Å². The number of anilines is 3. The summed E-state index contributed by atoms with van der Waals surface area (Å²) in [5.74, 6) is 0. The Bertz CT molecular complexity index is 309. The molecule has 0 spiro atoms. The van der Waals surface area contributed by atoms with Crippen molar-refractivity contribution in [3.05, 3.63) is 18.2 Å². The van der Waals surface area contributed by atoms with E-state index in [1.165, 1.54) is 11.4 Å². The number of nitrogens with two attached hydrogens (primary N) is 1. The second-order valence-corrected chi connectivity index (χ2v) is 3.21. The Labute approximate surface area is 72.2 Å². The average Bonchev–Trinajstić information content (AvgIpc) is 2.31. The van der Waals surface area contributed by atoms with Crippen LogP contribution in [0.5, 0.6) is 0 Å². The molecule has 0 aromatic heterocycles. The molecule has 3 heteroatoms. The van der Waals surface area contributed by atoms with Crippen molar-refractivity contribution >= 4 is 17.1 Å². The number of hydrogen-bond acceptors (Lipinski definition) is 3. The van der Waals surface area contributed by atoms with Gasteiger partial charge in [0.1, 0.15) is 0 Å². The fourth-order valence-corrected chi connectivity index (χ4v) is 1.49. The molecule has 0 saturated carbocycles. The van der Waals surface area contributed by atoms with Gasteiger partial charge in [0.2, 0.25) is 0 Å². The highest BCUT2D eigenvalue weighted by molar-refractivity contribution is 5.78. The maximum atomic E-state index is 5.68. The van der Waals surface area contributed by atoms with E-state index in [4.69, 9.17) is 5.73 Å². The van der Waals surface area contributed by atoms with Gasteiger partial charge in [0, 0.05) is 12.7 Å². The Morgan fingerprint density at radius 1 is 1.50 bits per heavy atom. The Balaban J connectivity index is 2.48. The molecule has 3 N–H and O–H groups in total. The van der Waals surface area contributed by atoms with Crippen LogP contribution in [0, 0.1) is 0 Å². The number of nitrogens with zero attached hydrogens (tertiary/aromatic N) is 1. The predicted molar refractivity (Wildman–Crippen MR) is 52.3 cm³/mol. The number of hydrogen-bond donors (Lipinski definition) is 2. The fourth-order valence-electron chi connectivity index (χ4n) is 1.49. The van der Waals surface area contributed by atoms with Gasteiger partial charge in [-0.05, 0) is 25.1 Å². The standard InChI is InChI=1S/C9H13N3/c1-6-11-8-4-3-7(10)5-9(8)12(6)2/h3-6,11H,10H2,1-2H3. The third-order valence-corrected chi connectivity index (χ3v) is 2.35. The first kappa shape index (κ1) is 7.28. The van der Waals surface area contributed by atoms with Crippen molar-refractivity contribution in [2.45, 2.75) is 13.1 Å². The van der Waals surface area contributed by atoms with E-state index in [1.54, 1.807) is 0 Å². The Morgan fingerprint density at radius 2 is 2.25 bits per heavy atom. The molecule has 0 amide bonds. The quantitative estimate of drug-likeness (QED) is 0.569. The molecule has 0 radical (unpaired) electrons. The first-order valence-electron chi connectivity index (χ1n) is 4.07. The Hall–Kier alpha value is -1.38. The maximum Gasteiger partial charge on any atom is 0.0959 e. The van der Waals surface area contributed by atoms with Crippen LogP contribution in [-0.2, 0) is 0 Å². The van der Waals surface area contributed by atoms with E-state index in [2.05, 4.69) is 24.2 Å². The smallest absolute Gasteiger partial charge is 0.0959 e. The lowest BCUT2D eigenvalue weighted by Gasteiger charge is -2.17. The molecule has 0 fully saturated rings. The van der Waals surface area contributed by atoms with Gasteiger partial charge in [0.25, 0.3) is 0 Å². The van der Waals surface area contributed by atoms with Crippen LogP contribution in [0.3, 0.4) is 0 Å². The first-order chi connectivity index (χ1) is 5.68. The first-order valence-corrected chi connectivity index (χ1v) is 4.07. The monoisotopic (exact) mass is 163 g/mol. The summed E-state index contributed by atoms with van der Waals surface area (Å²) < 4.78 is 0. The van der Waals surface area contributed by atoms with E-state index in [9.17, 15) is 0 Å². The molecule has 1 aromatic rings. The number of nitrogens with one attached hydrogen (secondary N) is 1. The van der Waals surface area contributed by atoms with Gasteiger partial charge in [-0.25, -0.2) is 0 Å². The molecule has 12 heavy (non-hydrogen) atoms. The van der Waals surface area contributed by atoms with Crippen molar-refractivity contribution in [2.75, 3.05) is 23.0 Å². The van der Waals surface area contributed by atoms with Crippen LogP contribution in [0.4, 0.5) is 17.1 Å². The van der Waals surface area contributed by atoms with Crippen LogP contribution in [0.15, 0.2) is 18.2 Å². The highest BCUT2D eigenvalue weighted by Crippen LogP contribution is 2.34. The molecule has 1 heterocycles. The molecule has 2 rings (SSSR count). The van der Waals surface area contributed by atoms with Gasteiger partial charge < -0.3 is 16.0 Å². The normalized spacial score (nSPS) is 20.5. The summed E-state index contributed by atoms with van der Waals surface area (Å²) in [7, 11) is 2.06. The fraction of sp³-hybridized carbons (Fsp3) is 0.333. The zero-order valence-electron chi connectivity index (χ0n) is 7.33. The van der Waals surface area contributed by atoms with Crippen molar-refractivity contribution in [1.29, 1.82) is 0 Å². The van der Waals surface area contributed by atoms with Crippen molar-refractivity contribution in [3.8, 4) is 0 Å².